The molecule has 74 valence electrons. The lowest BCUT2D eigenvalue weighted by Gasteiger charge is -1.97. The second-order valence-corrected chi connectivity index (χ2v) is 3.34. The smallest absolute Gasteiger partial charge is 0.134 e. The molecule has 0 bridgehead atoms. The van der Waals surface area contributed by atoms with Gasteiger partial charge in [0.05, 0.1) is 13.2 Å². The van der Waals surface area contributed by atoms with Gasteiger partial charge in [-0.05, 0) is 31.2 Å². The molecule has 1 heterocycles. The highest BCUT2D eigenvalue weighted by Gasteiger charge is 2.07. The van der Waals surface area contributed by atoms with E-state index in [1.54, 1.807) is 7.11 Å². The highest BCUT2D eigenvalue weighted by atomic mass is 16.5. The number of benzene rings is 1. The van der Waals surface area contributed by atoms with Crippen LogP contribution < -0.4 is 10.5 Å². The molecular formula is C11H13NO2. The van der Waals surface area contributed by atoms with Crippen LogP contribution in [0, 0.1) is 0 Å². The zero-order valence-electron chi connectivity index (χ0n) is 8.28. The molecule has 2 aromatic rings. The van der Waals surface area contributed by atoms with E-state index in [0.717, 1.165) is 22.5 Å². The average molecular weight is 191 g/mol. The molecule has 0 saturated heterocycles. The first-order chi connectivity index (χ1) is 6.70. The van der Waals surface area contributed by atoms with Crippen LogP contribution in [0.5, 0.6) is 5.75 Å². The summed E-state index contributed by atoms with van der Waals surface area (Å²) in [6, 6.07) is 7.57. The predicted molar refractivity (Wildman–Crippen MR) is 55.4 cm³/mol. The zero-order chi connectivity index (χ0) is 10.1. The molecule has 0 radical (unpaired) electrons. The van der Waals surface area contributed by atoms with Crippen LogP contribution in [-0.4, -0.2) is 7.11 Å². The van der Waals surface area contributed by atoms with Crippen molar-refractivity contribution >= 4 is 11.0 Å². The van der Waals surface area contributed by atoms with Crippen LogP contribution in [0.3, 0.4) is 0 Å². The van der Waals surface area contributed by atoms with Crippen molar-refractivity contribution in [1.29, 1.82) is 0 Å². The molecule has 0 spiro atoms. The van der Waals surface area contributed by atoms with Crippen LogP contribution in [0.2, 0.25) is 0 Å². The van der Waals surface area contributed by atoms with Crippen molar-refractivity contribution in [2.75, 3.05) is 7.11 Å². The monoisotopic (exact) mass is 191 g/mol. The first-order valence-corrected chi connectivity index (χ1v) is 4.54. The number of fused-ring (bicyclic) bond motifs is 1. The van der Waals surface area contributed by atoms with Gasteiger partial charge in [0.25, 0.3) is 0 Å². The third-order valence-electron chi connectivity index (χ3n) is 2.19. The molecule has 2 N–H and O–H groups in total. The molecule has 1 aromatic carbocycles. The van der Waals surface area contributed by atoms with Crippen molar-refractivity contribution < 1.29 is 9.15 Å². The standard InChI is InChI=1S/C11H13NO2/c1-7(12)11-6-8-5-9(13-2)3-4-10(8)14-11/h3-7H,12H2,1-2H3/t7-/m0/s1. The Kier molecular flexibility index (Phi) is 2.17. The molecule has 3 heteroatoms. The van der Waals surface area contributed by atoms with E-state index in [2.05, 4.69) is 0 Å². The van der Waals surface area contributed by atoms with E-state index >= 15 is 0 Å². The molecule has 1 aromatic heterocycles. The van der Waals surface area contributed by atoms with Crippen molar-refractivity contribution in [3.8, 4) is 5.75 Å². The van der Waals surface area contributed by atoms with Gasteiger partial charge in [-0.25, -0.2) is 0 Å². The highest BCUT2D eigenvalue weighted by molar-refractivity contribution is 5.79. The number of hydrogen-bond donors (Lipinski definition) is 1. The van der Waals surface area contributed by atoms with Crippen molar-refractivity contribution in [3.05, 3.63) is 30.0 Å². The van der Waals surface area contributed by atoms with Crippen molar-refractivity contribution in [1.82, 2.24) is 0 Å². The van der Waals surface area contributed by atoms with Crippen molar-refractivity contribution in [2.45, 2.75) is 13.0 Å². The Labute approximate surface area is 82.5 Å². The van der Waals surface area contributed by atoms with Gasteiger partial charge in [-0.1, -0.05) is 0 Å². The molecular weight excluding hydrogens is 178 g/mol. The first-order valence-electron chi connectivity index (χ1n) is 4.54. The zero-order valence-corrected chi connectivity index (χ0v) is 8.28. The summed E-state index contributed by atoms with van der Waals surface area (Å²) >= 11 is 0. The minimum atomic E-state index is -0.0756. The Bertz CT molecular complexity index is 445. The van der Waals surface area contributed by atoms with Gasteiger partial charge >= 0.3 is 0 Å². The maximum Gasteiger partial charge on any atom is 0.134 e. The summed E-state index contributed by atoms with van der Waals surface area (Å²) in [4.78, 5) is 0. The van der Waals surface area contributed by atoms with Gasteiger partial charge < -0.3 is 14.9 Å². The summed E-state index contributed by atoms with van der Waals surface area (Å²) in [6.07, 6.45) is 0. The number of methoxy groups -OCH3 is 1. The average Bonchev–Trinajstić information content (AvgIpc) is 2.59. The van der Waals surface area contributed by atoms with Gasteiger partial charge in [0.15, 0.2) is 0 Å². The molecule has 14 heavy (non-hydrogen) atoms. The number of ether oxygens (including phenoxy) is 1. The summed E-state index contributed by atoms with van der Waals surface area (Å²) in [7, 11) is 1.65. The fourth-order valence-electron chi connectivity index (χ4n) is 1.39. The molecule has 1 atom stereocenters. The molecule has 0 unspecified atom stereocenters. The highest BCUT2D eigenvalue weighted by Crippen LogP contribution is 2.26. The van der Waals surface area contributed by atoms with E-state index in [9.17, 15) is 0 Å². The van der Waals surface area contributed by atoms with Gasteiger partial charge in [-0.2, -0.15) is 0 Å². The summed E-state index contributed by atoms with van der Waals surface area (Å²) in [5, 5.41) is 1.02. The van der Waals surface area contributed by atoms with Gasteiger partial charge in [-0.15, -0.1) is 0 Å². The van der Waals surface area contributed by atoms with E-state index in [0.29, 0.717) is 0 Å². The summed E-state index contributed by atoms with van der Waals surface area (Å²) in [5.41, 5.74) is 6.57. The third kappa shape index (κ3) is 1.46. The normalized spacial score (nSPS) is 13.1. The SMILES string of the molecule is COc1ccc2oc([C@H](C)N)cc2c1. The molecule has 0 amide bonds. The number of rotatable bonds is 2. The fraction of sp³-hybridized carbons (Fsp3) is 0.273. The molecule has 0 saturated carbocycles. The van der Waals surface area contributed by atoms with Crippen LogP contribution in [-0.2, 0) is 0 Å². The Morgan fingerprint density at radius 3 is 2.79 bits per heavy atom. The molecule has 0 aliphatic heterocycles. The lowest BCUT2D eigenvalue weighted by Crippen LogP contribution is -2.02. The quantitative estimate of drug-likeness (QED) is 0.793. The van der Waals surface area contributed by atoms with Crippen molar-refractivity contribution in [3.63, 3.8) is 0 Å². The Hall–Kier alpha value is -1.48. The maximum atomic E-state index is 5.72. The molecule has 0 aliphatic carbocycles. The largest absolute Gasteiger partial charge is 0.497 e. The van der Waals surface area contributed by atoms with Crippen molar-refractivity contribution in [2.24, 2.45) is 5.73 Å². The van der Waals surface area contributed by atoms with E-state index in [1.807, 2.05) is 31.2 Å². The Morgan fingerprint density at radius 1 is 1.36 bits per heavy atom. The van der Waals surface area contributed by atoms with Crippen LogP contribution in [0.15, 0.2) is 28.7 Å². The first kappa shape index (κ1) is 9.09. The van der Waals surface area contributed by atoms with E-state index in [4.69, 9.17) is 14.9 Å². The van der Waals surface area contributed by atoms with Crippen LogP contribution in [0.1, 0.15) is 18.7 Å². The third-order valence-corrected chi connectivity index (χ3v) is 2.19. The fourth-order valence-corrected chi connectivity index (χ4v) is 1.39. The summed E-state index contributed by atoms with van der Waals surface area (Å²) in [6.45, 7) is 1.90. The predicted octanol–water partition coefficient (Wildman–Crippen LogP) is 2.46. The second-order valence-electron chi connectivity index (χ2n) is 3.34. The second kappa shape index (κ2) is 3.35. The Morgan fingerprint density at radius 2 is 2.14 bits per heavy atom. The molecule has 3 nitrogen and oxygen atoms in total. The lowest BCUT2D eigenvalue weighted by molar-refractivity contribution is 0.415. The van der Waals surface area contributed by atoms with Gasteiger partial charge in [0.2, 0.25) is 0 Å². The number of nitrogens with two attached hydrogens (primary N) is 1. The minimum Gasteiger partial charge on any atom is -0.497 e. The van der Waals surface area contributed by atoms with Crippen LogP contribution in [0.25, 0.3) is 11.0 Å². The minimum absolute atomic E-state index is 0.0756. The van der Waals surface area contributed by atoms with Gasteiger partial charge in [0.1, 0.15) is 17.1 Å². The van der Waals surface area contributed by atoms with Crippen LogP contribution >= 0.6 is 0 Å². The summed E-state index contributed by atoms with van der Waals surface area (Å²) in [5.74, 6) is 1.63. The maximum absolute atomic E-state index is 5.72. The summed E-state index contributed by atoms with van der Waals surface area (Å²) < 4.78 is 10.7. The lowest BCUT2D eigenvalue weighted by atomic mass is 10.2. The molecule has 0 fully saturated rings. The molecule has 0 aliphatic rings. The van der Waals surface area contributed by atoms with Gasteiger partial charge in [0, 0.05) is 5.39 Å². The van der Waals surface area contributed by atoms with E-state index < -0.39 is 0 Å². The van der Waals surface area contributed by atoms with E-state index in [1.165, 1.54) is 0 Å². The molecule has 2 rings (SSSR count). The Balaban J connectivity index is 2.54. The van der Waals surface area contributed by atoms with Crippen LogP contribution in [0.4, 0.5) is 0 Å². The van der Waals surface area contributed by atoms with Gasteiger partial charge in [-0.3, -0.25) is 0 Å². The topological polar surface area (TPSA) is 48.4 Å². The number of furan rings is 1. The number of hydrogen-bond acceptors (Lipinski definition) is 3. The van der Waals surface area contributed by atoms with E-state index in [-0.39, 0.29) is 6.04 Å².